The molecule has 1 unspecified atom stereocenters. The van der Waals surface area contributed by atoms with Crippen molar-refractivity contribution in [3.63, 3.8) is 0 Å². The van der Waals surface area contributed by atoms with Crippen LogP contribution in [0, 0.1) is 0 Å². The molecule has 0 aliphatic heterocycles. The van der Waals surface area contributed by atoms with Crippen molar-refractivity contribution in [1.29, 1.82) is 0 Å². The van der Waals surface area contributed by atoms with E-state index in [9.17, 15) is 5.25 Å². The van der Waals surface area contributed by atoms with Gasteiger partial charge in [0.15, 0.2) is 0 Å². The summed E-state index contributed by atoms with van der Waals surface area (Å²) in [4.78, 5) is 0. The first kappa shape index (κ1) is 13.4. The van der Waals surface area contributed by atoms with Gasteiger partial charge in [0, 0.05) is 5.92 Å². The summed E-state index contributed by atoms with van der Waals surface area (Å²) >= 11 is -2.77. The molecule has 0 spiro atoms. The summed E-state index contributed by atoms with van der Waals surface area (Å²) in [6.07, 6.45) is 4.49. The molecule has 1 atom stereocenters. The molecule has 90 valence electrons. The zero-order valence-corrected chi connectivity index (χ0v) is 12.1. The molecule has 1 aliphatic rings. The molecule has 2 aromatic carbocycles. The zero-order chi connectivity index (χ0) is 12.8. The molecule has 0 radical (unpaired) electrons. The third-order valence-corrected chi connectivity index (χ3v) is 2.96. The molecule has 0 aromatic heterocycles. The Morgan fingerprint density at radius 1 is 0.833 bits per heavy atom. The van der Waals surface area contributed by atoms with Crippen LogP contribution in [0.2, 0.25) is 0 Å². The molecule has 0 saturated carbocycles. The fourth-order valence-electron chi connectivity index (χ4n) is 2.20. The van der Waals surface area contributed by atoms with Crippen LogP contribution >= 0.6 is 0 Å². The normalized spacial score (nSPS) is 15.6. The van der Waals surface area contributed by atoms with Crippen molar-refractivity contribution in [2.24, 2.45) is 0 Å². The average Bonchev–Trinajstić information content (AvgIpc) is 2.84. The van der Waals surface area contributed by atoms with Gasteiger partial charge < -0.3 is 0 Å². The Morgan fingerprint density at radius 3 is 2.17 bits per heavy atom. The van der Waals surface area contributed by atoms with Gasteiger partial charge >= 0.3 is 29.7 Å². The van der Waals surface area contributed by atoms with E-state index in [0.717, 1.165) is 0 Å². The van der Waals surface area contributed by atoms with E-state index >= 15 is 0 Å². The van der Waals surface area contributed by atoms with Crippen molar-refractivity contribution in [3.8, 4) is 0 Å². The van der Waals surface area contributed by atoms with E-state index in [-0.39, 0.29) is 0 Å². The quantitative estimate of drug-likeness (QED) is 0.715. The number of allylic oxidation sites excluding steroid dienone is 1. The van der Waals surface area contributed by atoms with Crippen molar-refractivity contribution in [2.75, 3.05) is 0 Å². The van der Waals surface area contributed by atoms with Gasteiger partial charge in [-0.05, 0) is 16.7 Å². The number of hydrogen-bond acceptors (Lipinski definition) is 0. The molecule has 0 nitrogen and oxygen atoms in total. The number of benzene rings is 2. The predicted octanol–water partition coefficient (Wildman–Crippen LogP) is 4.68. The van der Waals surface area contributed by atoms with Crippen LogP contribution in [0.15, 0.2) is 60.7 Å². The molecular formula is C15H12F2Zr. The van der Waals surface area contributed by atoms with Gasteiger partial charge in [0.2, 0.25) is 0 Å². The van der Waals surface area contributed by atoms with E-state index in [4.69, 9.17) is 0 Å². The monoisotopic (exact) mass is 320 g/mol. The average molecular weight is 321 g/mol. The Hall–Kier alpha value is -1.08. The first-order valence-corrected chi connectivity index (χ1v) is 7.51. The van der Waals surface area contributed by atoms with Crippen LogP contribution < -0.4 is 0 Å². The van der Waals surface area contributed by atoms with Crippen molar-refractivity contribution < 1.29 is 29.7 Å². The molecule has 3 rings (SSSR count). The first-order chi connectivity index (χ1) is 8.86. The van der Waals surface area contributed by atoms with Crippen LogP contribution in [0.4, 0.5) is 5.25 Å². The minimum absolute atomic E-state index is 0.447. The fourth-order valence-corrected chi connectivity index (χ4v) is 2.20. The van der Waals surface area contributed by atoms with Crippen LogP contribution in [-0.4, -0.2) is 0 Å². The molecule has 0 heterocycles. The Bertz CT molecular complexity index is 523. The van der Waals surface area contributed by atoms with Crippen molar-refractivity contribution in [3.05, 3.63) is 77.4 Å². The Kier molecular flexibility index (Phi) is 5.01. The van der Waals surface area contributed by atoms with Gasteiger partial charge in [-0.3, -0.25) is 0 Å². The number of hydrogen-bond donors (Lipinski definition) is 0. The van der Waals surface area contributed by atoms with E-state index in [2.05, 4.69) is 66.7 Å². The van der Waals surface area contributed by atoms with E-state index in [1.165, 1.54) is 16.7 Å². The standard InChI is InChI=1S/C15H12.2FH.Zr/c1-2-6-12(7-3-1)15-11-10-13-8-4-5-9-14(13)15;;;/h1-11,15H;2*1H;/q;;;+2/p-2. The molecular weight excluding hydrogens is 309 g/mol. The van der Waals surface area contributed by atoms with Crippen LogP contribution in [0.5, 0.6) is 0 Å². The van der Waals surface area contributed by atoms with Gasteiger partial charge in [0.25, 0.3) is 0 Å². The number of fused-ring (bicyclic) bond motifs is 1. The van der Waals surface area contributed by atoms with Crippen LogP contribution in [0.25, 0.3) is 6.08 Å². The zero-order valence-electron chi connectivity index (χ0n) is 9.68. The Labute approximate surface area is 119 Å². The maximum absolute atomic E-state index is 9.80. The summed E-state index contributed by atoms with van der Waals surface area (Å²) in [6, 6.07) is 19.2. The SMILES string of the molecule is C1=CC(c2ccccc2)c2ccccc21.[F][Zr][F]. The second kappa shape index (κ2) is 6.75. The van der Waals surface area contributed by atoms with Crippen molar-refractivity contribution >= 4 is 6.08 Å². The molecule has 0 N–H and O–H groups in total. The molecule has 0 amide bonds. The molecule has 2 aromatic rings. The molecule has 18 heavy (non-hydrogen) atoms. The van der Waals surface area contributed by atoms with Gasteiger partial charge in [-0.1, -0.05) is 66.7 Å². The minimum atomic E-state index is -2.77. The van der Waals surface area contributed by atoms with Gasteiger partial charge in [0.1, 0.15) is 0 Å². The summed E-state index contributed by atoms with van der Waals surface area (Å²) in [5.74, 6) is 0.447. The molecule has 1 aliphatic carbocycles. The van der Waals surface area contributed by atoms with Crippen LogP contribution in [0.3, 0.4) is 0 Å². The Balaban J connectivity index is 0.000000367. The van der Waals surface area contributed by atoms with Crippen molar-refractivity contribution in [2.45, 2.75) is 5.92 Å². The van der Waals surface area contributed by atoms with Gasteiger partial charge in [-0.2, -0.15) is 0 Å². The van der Waals surface area contributed by atoms with Gasteiger partial charge in [-0.15, -0.1) is 0 Å². The summed E-state index contributed by atoms with van der Waals surface area (Å²) in [5.41, 5.74) is 4.15. The van der Waals surface area contributed by atoms with Gasteiger partial charge in [0.05, 0.1) is 0 Å². The predicted molar refractivity (Wildman–Crippen MR) is 66.0 cm³/mol. The number of halogens is 2. The van der Waals surface area contributed by atoms with Crippen molar-refractivity contribution in [1.82, 2.24) is 0 Å². The third-order valence-electron chi connectivity index (χ3n) is 2.96. The second-order valence-corrected chi connectivity index (χ2v) is 4.30. The van der Waals surface area contributed by atoms with E-state index in [0.29, 0.717) is 5.92 Å². The molecule has 3 heteroatoms. The fraction of sp³-hybridized carbons (Fsp3) is 0.0667. The van der Waals surface area contributed by atoms with Gasteiger partial charge in [-0.25, -0.2) is 0 Å². The first-order valence-electron chi connectivity index (χ1n) is 5.65. The molecule has 0 fully saturated rings. The van der Waals surface area contributed by atoms with Crippen LogP contribution in [0.1, 0.15) is 22.6 Å². The topological polar surface area (TPSA) is 0 Å². The maximum atomic E-state index is 9.80. The third kappa shape index (κ3) is 3.03. The van der Waals surface area contributed by atoms with E-state index in [1.807, 2.05) is 0 Å². The van der Waals surface area contributed by atoms with E-state index in [1.54, 1.807) is 0 Å². The summed E-state index contributed by atoms with van der Waals surface area (Å²) in [6.45, 7) is 0. The second-order valence-electron chi connectivity index (χ2n) is 3.95. The summed E-state index contributed by atoms with van der Waals surface area (Å²) in [7, 11) is 0. The molecule has 0 saturated heterocycles. The number of rotatable bonds is 1. The Morgan fingerprint density at radius 2 is 1.44 bits per heavy atom. The summed E-state index contributed by atoms with van der Waals surface area (Å²) in [5, 5.41) is 0. The molecule has 0 bridgehead atoms. The van der Waals surface area contributed by atoms with Crippen LogP contribution in [-0.2, 0) is 24.5 Å². The summed E-state index contributed by atoms with van der Waals surface area (Å²) < 4.78 is 19.6. The van der Waals surface area contributed by atoms with E-state index < -0.39 is 24.5 Å².